The van der Waals surface area contributed by atoms with E-state index in [9.17, 15) is 5.11 Å². The maximum absolute atomic E-state index is 9.79. The monoisotopic (exact) mass is 244 g/mol. The van der Waals surface area contributed by atoms with Crippen LogP contribution in [0.25, 0.3) is 0 Å². The van der Waals surface area contributed by atoms with Gasteiger partial charge in [-0.1, -0.05) is 51.9 Å². The molecule has 0 aromatic rings. The minimum Gasteiger partial charge on any atom is -0.393 e. The number of aliphatic hydroxyl groups excluding tert-OH is 1. The molecule has 1 rings (SSSR count). The molecular weight excluding hydrogens is 216 g/mol. The average molecular weight is 244 g/mol. The third-order valence-electron chi connectivity index (χ3n) is 3.30. The Hall–Kier alpha value is -0.120. The van der Waals surface area contributed by atoms with Gasteiger partial charge in [-0.25, -0.2) is 0 Å². The molecule has 1 aliphatic heterocycles. The summed E-state index contributed by atoms with van der Waals surface area (Å²) in [4.78, 5) is 0. The van der Waals surface area contributed by atoms with E-state index in [1.807, 2.05) is 0 Å². The second-order valence-corrected chi connectivity index (χ2v) is 4.97. The van der Waals surface area contributed by atoms with Crippen LogP contribution in [0.3, 0.4) is 0 Å². The van der Waals surface area contributed by atoms with E-state index < -0.39 is 0 Å². The third kappa shape index (κ3) is 7.74. The summed E-state index contributed by atoms with van der Waals surface area (Å²) in [6, 6.07) is 0. The standard InChI is InChI=1S/C14H28O3/c1-2-3-4-5-6-7-8-9-13(15)12-14-16-10-11-17-14/h13-15H,2-12H2,1H3. The first kappa shape index (κ1) is 14.9. The van der Waals surface area contributed by atoms with Gasteiger partial charge in [0.1, 0.15) is 0 Å². The molecule has 3 heteroatoms. The predicted octanol–water partition coefficient (Wildman–Crippen LogP) is 3.25. The lowest BCUT2D eigenvalue weighted by Crippen LogP contribution is -2.18. The summed E-state index contributed by atoms with van der Waals surface area (Å²) in [6.07, 6.45) is 10.2. The summed E-state index contributed by atoms with van der Waals surface area (Å²) in [7, 11) is 0. The first-order valence-electron chi connectivity index (χ1n) is 7.24. The van der Waals surface area contributed by atoms with Crippen LogP contribution in [-0.2, 0) is 9.47 Å². The highest BCUT2D eigenvalue weighted by Gasteiger charge is 2.19. The van der Waals surface area contributed by atoms with E-state index in [-0.39, 0.29) is 12.4 Å². The second-order valence-electron chi connectivity index (χ2n) is 4.97. The van der Waals surface area contributed by atoms with Gasteiger partial charge in [0.25, 0.3) is 0 Å². The fourth-order valence-electron chi connectivity index (χ4n) is 2.22. The van der Waals surface area contributed by atoms with Crippen molar-refractivity contribution in [3.63, 3.8) is 0 Å². The SMILES string of the molecule is CCCCCCCCCC(O)CC1OCCO1. The van der Waals surface area contributed by atoms with Crippen LogP contribution in [0.15, 0.2) is 0 Å². The van der Waals surface area contributed by atoms with Gasteiger partial charge in [0, 0.05) is 6.42 Å². The van der Waals surface area contributed by atoms with Crippen molar-refractivity contribution in [2.75, 3.05) is 13.2 Å². The highest BCUT2D eigenvalue weighted by molar-refractivity contribution is 4.62. The Bertz CT molecular complexity index is 167. The normalized spacial score (nSPS) is 18.7. The highest BCUT2D eigenvalue weighted by Crippen LogP contribution is 2.15. The fraction of sp³-hybridized carbons (Fsp3) is 1.00. The second kappa shape index (κ2) is 9.86. The predicted molar refractivity (Wildman–Crippen MR) is 68.9 cm³/mol. The van der Waals surface area contributed by atoms with E-state index in [4.69, 9.17) is 9.47 Å². The molecule has 0 amide bonds. The van der Waals surface area contributed by atoms with Gasteiger partial charge in [-0.3, -0.25) is 0 Å². The van der Waals surface area contributed by atoms with Crippen LogP contribution in [0.5, 0.6) is 0 Å². The van der Waals surface area contributed by atoms with Gasteiger partial charge in [0.05, 0.1) is 19.3 Å². The van der Waals surface area contributed by atoms with Crippen molar-refractivity contribution >= 4 is 0 Å². The van der Waals surface area contributed by atoms with Crippen LogP contribution in [0.4, 0.5) is 0 Å². The molecule has 102 valence electrons. The summed E-state index contributed by atoms with van der Waals surface area (Å²) >= 11 is 0. The number of hydrogen-bond acceptors (Lipinski definition) is 3. The van der Waals surface area contributed by atoms with Gasteiger partial charge in [-0.05, 0) is 6.42 Å². The first-order chi connectivity index (χ1) is 8.33. The topological polar surface area (TPSA) is 38.7 Å². The van der Waals surface area contributed by atoms with Crippen LogP contribution >= 0.6 is 0 Å². The number of rotatable bonds is 10. The Morgan fingerprint density at radius 1 is 1.00 bits per heavy atom. The minimum absolute atomic E-state index is 0.158. The zero-order chi connectivity index (χ0) is 12.3. The molecule has 1 atom stereocenters. The van der Waals surface area contributed by atoms with Gasteiger partial charge in [0.15, 0.2) is 6.29 Å². The van der Waals surface area contributed by atoms with Gasteiger partial charge in [-0.15, -0.1) is 0 Å². The van der Waals surface area contributed by atoms with Crippen LogP contribution in [0, 0.1) is 0 Å². The van der Waals surface area contributed by atoms with E-state index in [2.05, 4.69) is 6.92 Å². The van der Waals surface area contributed by atoms with E-state index >= 15 is 0 Å². The molecule has 17 heavy (non-hydrogen) atoms. The largest absolute Gasteiger partial charge is 0.393 e. The number of unbranched alkanes of at least 4 members (excludes halogenated alkanes) is 6. The van der Waals surface area contributed by atoms with E-state index in [0.29, 0.717) is 19.6 Å². The fourth-order valence-corrected chi connectivity index (χ4v) is 2.22. The molecule has 0 radical (unpaired) electrons. The lowest BCUT2D eigenvalue weighted by Gasteiger charge is -2.14. The Balaban J connectivity index is 1.84. The van der Waals surface area contributed by atoms with Gasteiger partial charge >= 0.3 is 0 Å². The zero-order valence-electron chi connectivity index (χ0n) is 11.2. The molecule has 0 saturated carbocycles. The number of hydrogen-bond donors (Lipinski definition) is 1. The van der Waals surface area contributed by atoms with Crippen LogP contribution in [0.1, 0.15) is 64.7 Å². The van der Waals surface area contributed by atoms with Crippen molar-refractivity contribution in [1.29, 1.82) is 0 Å². The maximum atomic E-state index is 9.79. The number of ether oxygens (including phenoxy) is 2. The maximum Gasteiger partial charge on any atom is 0.160 e. The van der Waals surface area contributed by atoms with E-state index in [1.54, 1.807) is 0 Å². The van der Waals surface area contributed by atoms with Crippen LogP contribution in [0.2, 0.25) is 0 Å². The van der Waals surface area contributed by atoms with Crippen molar-refractivity contribution in [3.05, 3.63) is 0 Å². The van der Waals surface area contributed by atoms with Crippen molar-refractivity contribution in [3.8, 4) is 0 Å². The van der Waals surface area contributed by atoms with E-state index in [0.717, 1.165) is 12.8 Å². The van der Waals surface area contributed by atoms with Gasteiger partial charge in [-0.2, -0.15) is 0 Å². The Morgan fingerprint density at radius 2 is 1.59 bits per heavy atom. The summed E-state index contributed by atoms with van der Waals surface area (Å²) < 4.78 is 10.6. The van der Waals surface area contributed by atoms with E-state index in [1.165, 1.54) is 38.5 Å². The van der Waals surface area contributed by atoms with Crippen LogP contribution in [-0.4, -0.2) is 30.7 Å². The molecule has 0 bridgehead atoms. The van der Waals surface area contributed by atoms with Crippen molar-refractivity contribution in [2.45, 2.75) is 77.1 Å². The first-order valence-corrected chi connectivity index (χ1v) is 7.24. The lowest BCUT2D eigenvalue weighted by molar-refractivity contribution is -0.0712. The number of aliphatic hydroxyl groups is 1. The van der Waals surface area contributed by atoms with Gasteiger partial charge < -0.3 is 14.6 Å². The van der Waals surface area contributed by atoms with Crippen molar-refractivity contribution < 1.29 is 14.6 Å². The molecule has 1 fully saturated rings. The molecule has 1 heterocycles. The van der Waals surface area contributed by atoms with Crippen molar-refractivity contribution in [1.82, 2.24) is 0 Å². The van der Waals surface area contributed by atoms with Crippen LogP contribution < -0.4 is 0 Å². The lowest BCUT2D eigenvalue weighted by atomic mass is 10.0. The molecule has 0 spiro atoms. The summed E-state index contributed by atoms with van der Waals surface area (Å²) in [5, 5.41) is 9.79. The minimum atomic E-state index is -0.256. The van der Waals surface area contributed by atoms with Crippen molar-refractivity contribution in [2.24, 2.45) is 0 Å². The summed E-state index contributed by atoms with van der Waals surface area (Å²) in [5.74, 6) is 0. The molecule has 3 nitrogen and oxygen atoms in total. The average Bonchev–Trinajstić information content (AvgIpc) is 2.80. The molecule has 1 N–H and O–H groups in total. The molecule has 1 aliphatic rings. The Kier molecular flexibility index (Phi) is 8.67. The third-order valence-corrected chi connectivity index (χ3v) is 3.30. The quantitative estimate of drug-likeness (QED) is 0.599. The zero-order valence-corrected chi connectivity index (χ0v) is 11.2. The van der Waals surface area contributed by atoms with Gasteiger partial charge in [0.2, 0.25) is 0 Å². The molecule has 0 aromatic heterocycles. The Labute approximate surface area is 105 Å². The Morgan fingerprint density at radius 3 is 2.24 bits per heavy atom. The summed E-state index contributed by atoms with van der Waals surface area (Å²) in [6.45, 7) is 3.59. The molecule has 1 unspecified atom stereocenters. The smallest absolute Gasteiger partial charge is 0.160 e. The molecule has 0 aromatic carbocycles. The molecule has 1 saturated heterocycles. The summed E-state index contributed by atoms with van der Waals surface area (Å²) in [5.41, 5.74) is 0. The highest BCUT2D eigenvalue weighted by atomic mass is 16.7. The molecular formula is C14H28O3. The molecule has 0 aliphatic carbocycles.